The van der Waals surface area contributed by atoms with E-state index in [4.69, 9.17) is 4.74 Å². The second-order valence-electron chi connectivity index (χ2n) is 5.12. The van der Waals surface area contributed by atoms with E-state index < -0.39 is 0 Å². The third-order valence-corrected chi connectivity index (χ3v) is 4.08. The van der Waals surface area contributed by atoms with E-state index in [1.165, 1.54) is 18.9 Å². The Hall–Kier alpha value is -1.29. The van der Waals surface area contributed by atoms with Crippen molar-refractivity contribution >= 4 is 22.8 Å². The molecule has 0 bridgehead atoms. The van der Waals surface area contributed by atoms with Crippen LogP contribution in [-0.4, -0.2) is 18.2 Å². The van der Waals surface area contributed by atoms with Crippen LogP contribution < -0.4 is 0 Å². The molecule has 0 saturated heterocycles. The summed E-state index contributed by atoms with van der Waals surface area (Å²) in [6.45, 7) is 3.84. The molecule has 0 aliphatic heterocycles. The average Bonchev–Trinajstić information content (AvgIpc) is 2.45. The number of benzene rings is 1. The summed E-state index contributed by atoms with van der Waals surface area (Å²) in [6.07, 6.45) is 1.18. The molecule has 0 heterocycles. The van der Waals surface area contributed by atoms with Crippen molar-refractivity contribution in [1.29, 1.82) is 0 Å². The van der Waals surface area contributed by atoms with E-state index in [0.717, 1.165) is 5.56 Å². The van der Waals surface area contributed by atoms with Gasteiger partial charge in [-0.25, -0.2) is 0 Å². The van der Waals surface area contributed by atoms with Crippen LogP contribution in [0, 0.1) is 11.8 Å². The summed E-state index contributed by atoms with van der Waals surface area (Å²) in [5.41, 5.74) is 1.15. The van der Waals surface area contributed by atoms with Crippen molar-refractivity contribution in [1.82, 2.24) is 0 Å². The first-order chi connectivity index (χ1) is 9.52. The number of carbonyl (C=O) groups excluding carboxylic acids is 2. The topological polar surface area (TPSA) is 43.4 Å². The van der Waals surface area contributed by atoms with Gasteiger partial charge in [0.15, 0.2) is 5.12 Å². The van der Waals surface area contributed by atoms with Crippen molar-refractivity contribution in [3.63, 3.8) is 0 Å². The van der Waals surface area contributed by atoms with Crippen LogP contribution in [0.1, 0.15) is 32.3 Å². The molecule has 20 heavy (non-hydrogen) atoms. The van der Waals surface area contributed by atoms with Gasteiger partial charge in [-0.3, -0.25) is 9.59 Å². The molecule has 0 aromatic heterocycles. The minimum Gasteiger partial charge on any atom is -0.469 e. The van der Waals surface area contributed by atoms with Crippen molar-refractivity contribution < 1.29 is 14.3 Å². The summed E-state index contributed by atoms with van der Waals surface area (Å²) in [7, 11) is 1.39. The van der Waals surface area contributed by atoms with E-state index in [0.29, 0.717) is 18.6 Å². The van der Waals surface area contributed by atoms with Crippen molar-refractivity contribution in [3.05, 3.63) is 35.9 Å². The lowest BCUT2D eigenvalue weighted by Gasteiger charge is -2.14. The molecule has 0 unspecified atom stereocenters. The summed E-state index contributed by atoms with van der Waals surface area (Å²) in [6, 6.07) is 9.94. The third-order valence-electron chi connectivity index (χ3n) is 3.12. The van der Waals surface area contributed by atoms with Gasteiger partial charge in [-0.05, 0) is 17.9 Å². The molecule has 1 rings (SSSR count). The van der Waals surface area contributed by atoms with Gasteiger partial charge in [0.2, 0.25) is 0 Å². The van der Waals surface area contributed by atoms with Gasteiger partial charge in [0.25, 0.3) is 0 Å². The van der Waals surface area contributed by atoms with E-state index in [1.807, 2.05) is 44.2 Å². The molecular weight excluding hydrogens is 272 g/mol. The molecule has 0 spiro atoms. The van der Waals surface area contributed by atoms with Crippen LogP contribution in [-0.2, 0) is 20.1 Å². The fourth-order valence-electron chi connectivity index (χ4n) is 2.07. The monoisotopic (exact) mass is 294 g/mol. The molecule has 4 heteroatoms. The van der Waals surface area contributed by atoms with Gasteiger partial charge in [0.05, 0.1) is 13.0 Å². The Bertz CT molecular complexity index is 431. The molecule has 0 radical (unpaired) electrons. The first kappa shape index (κ1) is 16.8. The predicted molar refractivity (Wildman–Crippen MR) is 82.3 cm³/mol. The first-order valence-corrected chi connectivity index (χ1v) is 7.78. The van der Waals surface area contributed by atoms with Crippen LogP contribution >= 0.6 is 11.8 Å². The lowest BCUT2D eigenvalue weighted by atomic mass is 9.95. The fourth-order valence-corrected chi connectivity index (χ4v) is 2.99. The molecular formula is C16H22O3S. The van der Waals surface area contributed by atoms with E-state index in [-0.39, 0.29) is 22.9 Å². The minimum atomic E-state index is -0.207. The normalized spacial score (nSPS) is 13.6. The Balaban J connectivity index is 2.29. The highest BCUT2D eigenvalue weighted by molar-refractivity contribution is 8.12. The molecule has 0 amide bonds. The van der Waals surface area contributed by atoms with Crippen molar-refractivity contribution in [3.8, 4) is 0 Å². The number of thioether (sulfide) groups is 1. The Morgan fingerprint density at radius 1 is 1.20 bits per heavy atom. The summed E-state index contributed by atoms with van der Waals surface area (Å²) >= 11 is 1.34. The van der Waals surface area contributed by atoms with Gasteiger partial charge in [0.1, 0.15) is 0 Å². The summed E-state index contributed by atoms with van der Waals surface area (Å²) in [4.78, 5) is 23.2. The van der Waals surface area contributed by atoms with E-state index in [9.17, 15) is 9.59 Å². The number of hydrogen-bond donors (Lipinski definition) is 0. The zero-order valence-corrected chi connectivity index (χ0v) is 13.1. The van der Waals surface area contributed by atoms with Crippen LogP contribution in [0.5, 0.6) is 0 Å². The summed E-state index contributed by atoms with van der Waals surface area (Å²) < 4.78 is 4.69. The Labute approximate surface area is 125 Å². The molecule has 2 atom stereocenters. The van der Waals surface area contributed by atoms with Crippen LogP contribution in [0.3, 0.4) is 0 Å². The van der Waals surface area contributed by atoms with Crippen LogP contribution in [0.2, 0.25) is 0 Å². The number of ether oxygens (including phenoxy) is 1. The highest BCUT2D eigenvalue weighted by Gasteiger charge is 2.18. The fraction of sp³-hybridized carbons (Fsp3) is 0.500. The highest BCUT2D eigenvalue weighted by Crippen LogP contribution is 2.21. The highest BCUT2D eigenvalue weighted by atomic mass is 32.2. The molecule has 0 N–H and O–H groups in total. The molecule has 0 fully saturated rings. The van der Waals surface area contributed by atoms with Gasteiger partial charge in [-0.15, -0.1) is 0 Å². The Morgan fingerprint density at radius 2 is 1.85 bits per heavy atom. The number of methoxy groups -OCH3 is 1. The van der Waals surface area contributed by atoms with Gasteiger partial charge >= 0.3 is 5.97 Å². The smallest absolute Gasteiger partial charge is 0.308 e. The maximum Gasteiger partial charge on any atom is 0.308 e. The molecule has 1 aromatic carbocycles. The van der Waals surface area contributed by atoms with Crippen molar-refractivity contribution in [2.24, 2.45) is 11.8 Å². The Kier molecular flexibility index (Phi) is 7.37. The van der Waals surface area contributed by atoms with Gasteiger partial charge in [-0.2, -0.15) is 0 Å². The number of hydrogen-bond acceptors (Lipinski definition) is 4. The number of carbonyl (C=O) groups is 2. The molecule has 3 nitrogen and oxygen atoms in total. The SMILES string of the molecule is COC(=O)[C@@H](C)C[C@@H](C)CC(=O)SCc1ccccc1. The lowest BCUT2D eigenvalue weighted by molar-refractivity contribution is -0.145. The summed E-state index contributed by atoms with van der Waals surface area (Å²) in [5, 5.41) is 0.179. The second kappa shape index (κ2) is 8.80. The maximum absolute atomic E-state index is 11.9. The third kappa shape index (κ3) is 6.24. The van der Waals surface area contributed by atoms with Crippen molar-refractivity contribution in [2.45, 2.75) is 32.4 Å². The quantitative estimate of drug-likeness (QED) is 0.720. The average molecular weight is 294 g/mol. The molecule has 1 aromatic rings. The maximum atomic E-state index is 11.9. The van der Waals surface area contributed by atoms with Gasteiger partial charge in [-0.1, -0.05) is 55.9 Å². The van der Waals surface area contributed by atoms with Crippen molar-refractivity contribution in [2.75, 3.05) is 7.11 Å². The largest absolute Gasteiger partial charge is 0.469 e. The zero-order valence-electron chi connectivity index (χ0n) is 12.3. The Morgan fingerprint density at radius 3 is 2.45 bits per heavy atom. The number of esters is 1. The van der Waals surface area contributed by atoms with E-state index in [1.54, 1.807) is 0 Å². The molecule has 0 aliphatic carbocycles. The van der Waals surface area contributed by atoms with Gasteiger partial charge < -0.3 is 4.74 Å². The molecule has 0 aliphatic rings. The molecule has 110 valence electrons. The summed E-state index contributed by atoms with van der Waals surface area (Å²) in [5.74, 6) is 0.543. The lowest BCUT2D eigenvalue weighted by Crippen LogP contribution is -2.16. The zero-order chi connectivity index (χ0) is 15.0. The number of rotatable bonds is 7. The van der Waals surface area contributed by atoms with Crippen LogP contribution in [0.4, 0.5) is 0 Å². The van der Waals surface area contributed by atoms with E-state index >= 15 is 0 Å². The van der Waals surface area contributed by atoms with Crippen LogP contribution in [0.25, 0.3) is 0 Å². The first-order valence-electron chi connectivity index (χ1n) is 6.80. The minimum absolute atomic E-state index is 0.151. The van der Waals surface area contributed by atoms with E-state index in [2.05, 4.69) is 0 Å². The van der Waals surface area contributed by atoms with Crippen LogP contribution in [0.15, 0.2) is 30.3 Å². The molecule has 0 saturated carbocycles. The second-order valence-corrected chi connectivity index (χ2v) is 6.15. The van der Waals surface area contributed by atoms with Gasteiger partial charge in [0, 0.05) is 12.2 Å². The standard InChI is InChI=1S/C16H22O3S/c1-12(9-13(2)16(18)19-3)10-15(17)20-11-14-7-5-4-6-8-14/h4-8,12-13H,9-11H2,1-3H3/t12-,13+/m1/s1. The predicted octanol–water partition coefficient (Wildman–Crippen LogP) is 3.67.